The van der Waals surface area contributed by atoms with Gasteiger partial charge in [0.05, 0.1) is 0 Å². The van der Waals surface area contributed by atoms with Crippen LogP contribution < -0.4 is 11.1 Å². The number of nitrogens with zero attached hydrogens (tertiary/aromatic N) is 1. The predicted molar refractivity (Wildman–Crippen MR) is 95.7 cm³/mol. The normalized spacial score (nSPS) is 18.8. The molecule has 1 fully saturated rings. The molecule has 1 unspecified atom stereocenters. The number of benzene rings is 1. The largest absolute Gasteiger partial charge is 0.461 e. The quantitative estimate of drug-likeness (QED) is 0.854. The number of hydrogen-bond acceptors (Lipinski definition) is 4. The van der Waals surface area contributed by atoms with Crippen molar-refractivity contribution in [2.75, 3.05) is 19.6 Å². The Morgan fingerprint density at radius 2 is 2.21 bits per heavy atom. The van der Waals surface area contributed by atoms with E-state index in [1.54, 1.807) is 0 Å². The average molecular weight is 329 g/mol. The molecule has 0 bridgehead atoms. The molecule has 130 valence electrons. The average Bonchev–Trinajstić information content (AvgIpc) is 2.90. The summed E-state index contributed by atoms with van der Waals surface area (Å²) in [6, 6.07) is 8.59. The van der Waals surface area contributed by atoms with E-state index in [-0.39, 0.29) is 5.91 Å². The summed E-state index contributed by atoms with van der Waals surface area (Å²) in [4.78, 5) is 14.2. The maximum atomic E-state index is 11.7. The number of carbonyl (C=O) groups is 1. The molecule has 5 heteroatoms. The third-order valence-electron chi connectivity index (χ3n) is 4.92. The van der Waals surface area contributed by atoms with Gasteiger partial charge in [0.2, 0.25) is 5.91 Å². The molecule has 0 radical (unpaired) electrons. The molecule has 24 heavy (non-hydrogen) atoms. The van der Waals surface area contributed by atoms with Gasteiger partial charge in [0, 0.05) is 43.0 Å². The number of aryl methyl sites for hydroxylation is 1. The molecule has 0 spiro atoms. The number of nitrogens with one attached hydrogen (secondary N) is 1. The Morgan fingerprint density at radius 3 is 3.04 bits per heavy atom. The first-order valence-corrected chi connectivity index (χ1v) is 8.87. The van der Waals surface area contributed by atoms with E-state index in [1.165, 1.54) is 23.8 Å². The lowest BCUT2D eigenvalue weighted by molar-refractivity contribution is -0.121. The molecule has 1 aliphatic heterocycles. The van der Waals surface area contributed by atoms with Crippen LogP contribution in [0.1, 0.15) is 37.0 Å². The van der Waals surface area contributed by atoms with Crippen molar-refractivity contribution in [3.8, 4) is 0 Å². The first-order valence-electron chi connectivity index (χ1n) is 8.87. The predicted octanol–water partition coefficient (Wildman–Crippen LogP) is 2.56. The van der Waals surface area contributed by atoms with E-state index in [0.717, 1.165) is 30.9 Å². The number of carbonyl (C=O) groups excluding carboxylic acids is 1. The number of nitrogens with two attached hydrogens (primary N) is 1. The molecule has 1 aromatic heterocycles. The standard InChI is InChI=1S/C19H27N3O2/c1-14-17(16-7-2-3-8-18(16)24-14)13-22-11-5-4-6-15(22)12-21-19(23)9-10-20/h2-3,7-8,15H,4-6,9-13,20H2,1H3,(H,21,23). The highest BCUT2D eigenvalue weighted by molar-refractivity contribution is 5.82. The van der Waals surface area contributed by atoms with Crippen LogP contribution in [0.4, 0.5) is 0 Å². The fourth-order valence-corrected chi connectivity index (χ4v) is 3.57. The highest BCUT2D eigenvalue weighted by atomic mass is 16.3. The molecule has 2 aromatic rings. The summed E-state index contributed by atoms with van der Waals surface area (Å²) < 4.78 is 5.90. The number of piperidine rings is 1. The van der Waals surface area contributed by atoms with Gasteiger partial charge >= 0.3 is 0 Å². The third-order valence-corrected chi connectivity index (χ3v) is 4.92. The fraction of sp³-hybridized carbons (Fsp3) is 0.526. The summed E-state index contributed by atoms with van der Waals surface area (Å²) in [5, 5.41) is 4.23. The smallest absolute Gasteiger partial charge is 0.221 e. The van der Waals surface area contributed by atoms with Crippen molar-refractivity contribution in [2.24, 2.45) is 5.73 Å². The molecule has 1 amide bonds. The molecular weight excluding hydrogens is 302 g/mol. The van der Waals surface area contributed by atoms with Crippen molar-refractivity contribution in [3.63, 3.8) is 0 Å². The van der Waals surface area contributed by atoms with Crippen molar-refractivity contribution in [2.45, 2.75) is 45.2 Å². The van der Waals surface area contributed by atoms with Gasteiger partial charge in [-0.05, 0) is 32.4 Å². The van der Waals surface area contributed by atoms with Crippen molar-refractivity contribution in [1.29, 1.82) is 0 Å². The number of amides is 1. The second kappa shape index (κ2) is 7.81. The Hall–Kier alpha value is -1.85. The molecule has 2 heterocycles. The topological polar surface area (TPSA) is 71.5 Å². The number of fused-ring (bicyclic) bond motifs is 1. The Kier molecular flexibility index (Phi) is 5.53. The number of para-hydroxylation sites is 1. The molecular formula is C19H27N3O2. The molecule has 0 aliphatic carbocycles. The van der Waals surface area contributed by atoms with Crippen molar-refractivity contribution >= 4 is 16.9 Å². The van der Waals surface area contributed by atoms with Crippen LogP contribution in [0.5, 0.6) is 0 Å². The van der Waals surface area contributed by atoms with Crippen LogP contribution in [0.15, 0.2) is 28.7 Å². The zero-order valence-electron chi connectivity index (χ0n) is 14.4. The Balaban J connectivity index is 1.71. The summed E-state index contributed by atoms with van der Waals surface area (Å²) in [6.45, 7) is 5.09. The lowest BCUT2D eigenvalue weighted by Crippen LogP contribution is -2.46. The van der Waals surface area contributed by atoms with Gasteiger partial charge in [0.25, 0.3) is 0 Å². The summed E-state index contributed by atoms with van der Waals surface area (Å²) in [7, 11) is 0. The van der Waals surface area contributed by atoms with Gasteiger partial charge in [-0.15, -0.1) is 0 Å². The van der Waals surface area contributed by atoms with Crippen LogP contribution >= 0.6 is 0 Å². The molecule has 1 aliphatic rings. The highest BCUT2D eigenvalue weighted by Gasteiger charge is 2.24. The Morgan fingerprint density at radius 1 is 1.38 bits per heavy atom. The second-order valence-corrected chi connectivity index (χ2v) is 6.60. The zero-order valence-corrected chi connectivity index (χ0v) is 14.4. The lowest BCUT2D eigenvalue weighted by atomic mass is 10.00. The Bertz CT molecular complexity index is 695. The Labute approximate surface area is 143 Å². The van der Waals surface area contributed by atoms with Gasteiger partial charge in [0.1, 0.15) is 11.3 Å². The number of furan rings is 1. The van der Waals surface area contributed by atoms with E-state index in [1.807, 2.05) is 19.1 Å². The molecule has 1 atom stereocenters. The van der Waals surface area contributed by atoms with E-state index in [0.29, 0.717) is 25.6 Å². The van der Waals surface area contributed by atoms with Crippen molar-refractivity contribution < 1.29 is 9.21 Å². The molecule has 1 saturated heterocycles. The second-order valence-electron chi connectivity index (χ2n) is 6.60. The van der Waals surface area contributed by atoms with Crippen LogP contribution in [0, 0.1) is 6.92 Å². The van der Waals surface area contributed by atoms with Gasteiger partial charge in [-0.25, -0.2) is 0 Å². The van der Waals surface area contributed by atoms with E-state index in [2.05, 4.69) is 22.3 Å². The number of likely N-dealkylation sites (tertiary alicyclic amines) is 1. The number of rotatable bonds is 6. The molecule has 3 rings (SSSR count). The minimum atomic E-state index is 0.0490. The van der Waals surface area contributed by atoms with Crippen molar-refractivity contribution in [1.82, 2.24) is 10.2 Å². The molecule has 3 N–H and O–H groups in total. The minimum Gasteiger partial charge on any atom is -0.461 e. The van der Waals surface area contributed by atoms with Gasteiger partial charge in [-0.2, -0.15) is 0 Å². The van der Waals surface area contributed by atoms with E-state index < -0.39 is 0 Å². The van der Waals surface area contributed by atoms with Gasteiger partial charge in [0.15, 0.2) is 0 Å². The maximum Gasteiger partial charge on any atom is 0.221 e. The monoisotopic (exact) mass is 329 g/mol. The maximum absolute atomic E-state index is 11.7. The van der Waals surface area contributed by atoms with Crippen LogP contribution in [-0.2, 0) is 11.3 Å². The fourth-order valence-electron chi connectivity index (χ4n) is 3.57. The van der Waals surface area contributed by atoms with Gasteiger partial charge in [-0.1, -0.05) is 24.6 Å². The molecule has 1 aromatic carbocycles. The van der Waals surface area contributed by atoms with Crippen LogP contribution in [0.2, 0.25) is 0 Å². The SMILES string of the molecule is Cc1oc2ccccc2c1CN1CCCCC1CNC(=O)CCN. The number of hydrogen-bond donors (Lipinski definition) is 2. The summed E-state index contributed by atoms with van der Waals surface area (Å²) in [5.74, 6) is 1.04. The minimum absolute atomic E-state index is 0.0490. The van der Waals surface area contributed by atoms with E-state index in [4.69, 9.17) is 10.2 Å². The summed E-state index contributed by atoms with van der Waals surface area (Å²) >= 11 is 0. The molecule has 0 saturated carbocycles. The van der Waals surface area contributed by atoms with Crippen LogP contribution in [-0.4, -0.2) is 36.5 Å². The first-order chi connectivity index (χ1) is 11.7. The summed E-state index contributed by atoms with van der Waals surface area (Å²) in [6.07, 6.45) is 3.96. The zero-order chi connectivity index (χ0) is 16.9. The van der Waals surface area contributed by atoms with Gasteiger partial charge in [-0.3, -0.25) is 9.69 Å². The summed E-state index contributed by atoms with van der Waals surface area (Å²) in [5.41, 5.74) is 7.67. The van der Waals surface area contributed by atoms with Crippen LogP contribution in [0.3, 0.4) is 0 Å². The van der Waals surface area contributed by atoms with Crippen LogP contribution in [0.25, 0.3) is 11.0 Å². The first kappa shape index (κ1) is 17.0. The molecule has 5 nitrogen and oxygen atoms in total. The van der Waals surface area contributed by atoms with E-state index in [9.17, 15) is 4.79 Å². The van der Waals surface area contributed by atoms with Crippen molar-refractivity contribution in [3.05, 3.63) is 35.6 Å². The third kappa shape index (κ3) is 3.79. The lowest BCUT2D eigenvalue weighted by Gasteiger charge is -2.35. The van der Waals surface area contributed by atoms with Gasteiger partial charge < -0.3 is 15.5 Å². The van der Waals surface area contributed by atoms with E-state index >= 15 is 0 Å². The highest BCUT2D eigenvalue weighted by Crippen LogP contribution is 2.28.